The highest BCUT2D eigenvalue weighted by molar-refractivity contribution is 6.06. The number of amides is 3. The maximum atomic E-state index is 12.7. The first-order valence-electron chi connectivity index (χ1n) is 9.09. The van der Waals surface area contributed by atoms with Crippen molar-refractivity contribution >= 4 is 23.9 Å². The molecule has 2 aromatic carbocycles. The van der Waals surface area contributed by atoms with E-state index in [0.29, 0.717) is 37.3 Å². The van der Waals surface area contributed by atoms with Crippen LogP contribution < -0.4 is 5.32 Å². The third-order valence-electron chi connectivity index (χ3n) is 4.74. The largest absolute Gasteiger partial charge is 0.342 e. The number of aryl methyl sites for hydroxylation is 1. The Labute approximate surface area is 158 Å². The van der Waals surface area contributed by atoms with Gasteiger partial charge in [0.15, 0.2) is 0 Å². The van der Waals surface area contributed by atoms with Crippen molar-refractivity contribution in [2.45, 2.75) is 13.3 Å². The van der Waals surface area contributed by atoms with Gasteiger partial charge >= 0.3 is 0 Å². The monoisotopic (exact) mass is 365 g/mol. The fraction of sp³-hybridized carbons (Fsp3) is 0.286. The predicted octanol–water partition coefficient (Wildman–Crippen LogP) is 2.42. The summed E-state index contributed by atoms with van der Waals surface area (Å²) in [6, 6.07) is 14.4. The second-order valence-electron chi connectivity index (χ2n) is 6.52. The Balaban J connectivity index is 1.68. The first-order valence-corrected chi connectivity index (χ1v) is 9.09. The van der Waals surface area contributed by atoms with Gasteiger partial charge in [-0.25, -0.2) is 0 Å². The highest BCUT2D eigenvalue weighted by Crippen LogP contribution is 2.14. The molecule has 1 saturated heterocycles. The molecule has 2 aromatic rings. The third kappa shape index (κ3) is 4.53. The number of hydrogen-bond acceptors (Lipinski definition) is 3. The Kier molecular flexibility index (Phi) is 5.86. The number of nitrogens with one attached hydrogen (secondary N) is 1. The molecule has 3 rings (SSSR count). The van der Waals surface area contributed by atoms with E-state index >= 15 is 0 Å². The zero-order valence-corrected chi connectivity index (χ0v) is 15.4. The molecule has 1 aliphatic rings. The van der Waals surface area contributed by atoms with Crippen LogP contribution in [0.1, 0.15) is 33.2 Å². The summed E-state index contributed by atoms with van der Waals surface area (Å²) in [5.74, 6) is -0.373. The minimum Gasteiger partial charge on any atom is -0.342 e. The highest BCUT2D eigenvalue weighted by atomic mass is 16.2. The van der Waals surface area contributed by atoms with Crippen LogP contribution in [0.2, 0.25) is 0 Å². The van der Waals surface area contributed by atoms with Crippen LogP contribution in [0.15, 0.2) is 48.5 Å². The summed E-state index contributed by atoms with van der Waals surface area (Å²) >= 11 is 0. The Morgan fingerprint density at radius 3 is 2.30 bits per heavy atom. The summed E-state index contributed by atoms with van der Waals surface area (Å²) in [5.41, 5.74) is 2.84. The van der Waals surface area contributed by atoms with Crippen molar-refractivity contribution in [2.75, 3.05) is 31.5 Å². The molecule has 27 heavy (non-hydrogen) atoms. The zero-order chi connectivity index (χ0) is 19.2. The van der Waals surface area contributed by atoms with Crippen molar-refractivity contribution in [1.82, 2.24) is 9.80 Å². The first-order chi connectivity index (χ1) is 13.1. The van der Waals surface area contributed by atoms with Crippen molar-refractivity contribution in [2.24, 2.45) is 0 Å². The predicted molar refractivity (Wildman–Crippen MR) is 104 cm³/mol. The lowest BCUT2D eigenvalue weighted by atomic mass is 10.1. The van der Waals surface area contributed by atoms with Crippen molar-refractivity contribution in [3.63, 3.8) is 0 Å². The van der Waals surface area contributed by atoms with Gasteiger partial charge in [-0.05, 0) is 42.3 Å². The molecule has 0 saturated carbocycles. The van der Waals surface area contributed by atoms with E-state index in [4.69, 9.17) is 0 Å². The number of anilines is 1. The molecule has 0 bridgehead atoms. The molecule has 6 heteroatoms. The Morgan fingerprint density at radius 1 is 1.00 bits per heavy atom. The van der Waals surface area contributed by atoms with Crippen LogP contribution in [-0.2, 0) is 11.2 Å². The number of nitrogens with zero attached hydrogens (tertiary/aromatic N) is 2. The molecule has 3 amide bonds. The average Bonchev–Trinajstić information content (AvgIpc) is 2.74. The summed E-state index contributed by atoms with van der Waals surface area (Å²) < 4.78 is 0. The molecule has 140 valence electrons. The molecule has 1 aliphatic heterocycles. The summed E-state index contributed by atoms with van der Waals surface area (Å²) in [6.45, 7) is 4.14. The fourth-order valence-electron chi connectivity index (χ4n) is 3.03. The van der Waals surface area contributed by atoms with Crippen molar-refractivity contribution in [3.8, 4) is 0 Å². The maximum absolute atomic E-state index is 12.7. The van der Waals surface area contributed by atoms with Gasteiger partial charge in [-0.1, -0.05) is 25.1 Å². The molecular formula is C21H23N3O3. The van der Waals surface area contributed by atoms with Crippen LogP contribution in [0.4, 0.5) is 5.69 Å². The molecule has 0 aromatic heterocycles. The van der Waals surface area contributed by atoms with Gasteiger partial charge in [0.1, 0.15) is 0 Å². The Bertz CT molecular complexity index is 825. The number of carbonyl (C=O) groups excluding carboxylic acids is 3. The van der Waals surface area contributed by atoms with Gasteiger partial charge in [-0.3, -0.25) is 14.4 Å². The smallest absolute Gasteiger partial charge is 0.255 e. The highest BCUT2D eigenvalue weighted by Gasteiger charge is 2.22. The fourth-order valence-corrected chi connectivity index (χ4v) is 3.03. The van der Waals surface area contributed by atoms with E-state index in [1.807, 2.05) is 24.3 Å². The van der Waals surface area contributed by atoms with E-state index < -0.39 is 0 Å². The second kappa shape index (κ2) is 8.49. The maximum Gasteiger partial charge on any atom is 0.255 e. The molecule has 0 spiro atoms. The van der Waals surface area contributed by atoms with Gasteiger partial charge in [0, 0.05) is 43.0 Å². The van der Waals surface area contributed by atoms with Gasteiger partial charge in [-0.15, -0.1) is 0 Å². The van der Waals surface area contributed by atoms with Gasteiger partial charge < -0.3 is 15.1 Å². The minimum absolute atomic E-state index is 0.123. The van der Waals surface area contributed by atoms with E-state index in [9.17, 15) is 14.4 Å². The molecule has 0 radical (unpaired) electrons. The summed E-state index contributed by atoms with van der Waals surface area (Å²) in [6.07, 6.45) is 1.75. The quantitative estimate of drug-likeness (QED) is 0.828. The van der Waals surface area contributed by atoms with Crippen LogP contribution in [0, 0.1) is 0 Å². The normalized spacial score (nSPS) is 14.0. The molecule has 0 unspecified atom stereocenters. The van der Waals surface area contributed by atoms with Crippen molar-refractivity contribution in [3.05, 3.63) is 65.2 Å². The van der Waals surface area contributed by atoms with Crippen LogP contribution in [-0.4, -0.2) is 54.2 Å². The molecule has 0 aliphatic carbocycles. The Morgan fingerprint density at radius 2 is 1.67 bits per heavy atom. The third-order valence-corrected chi connectivity index (χ3v) is 4.74. The number of benzene rings is 2. The van der Waals surface area contributed by atoms with Crippen LogP contribution in [0.25, 0.3) is 0 Å². The summed E-state index contributed by atoms with van der Waals surface area (Å²) in [4.78, 5) is 39.4. The summed E-state index contributed by atoms with van der Waals surface area (Å²) in [5, 5.41) is 2.86. The minimum atomic E-state index is -0.250. The van der Waals surface area contributed by atoms with Crippen molar-refractivity contribution in [1.29, 1.82) is 0 Å². The van der Waals surface area contributed by atoms with Gasteiger partial charge in [0.25, 0.3) is 11.8 Å². The zero-order valence-electron chi connectivity index (χ0n) is 15.4. The SMILES string of the molecule is CCc1ccc(NC(=O)c2cccc(C(=O)N3CCN(C=O)CC3)c2)cc1. The lowest BCUT2D eigenvalue weighted by molar-refractivity contribution is -0.119. The molecule has 1 fully saturated rings. The van der Waals surface area contributed by atoms with E-state index in [1.165, 1.54) is 5.56 Å². The summed E-state index contributed by atoms with van der Waals surface area (Å²) in [7, 11) is 0. The van der Waals surface area contributed by atoms with E-state index in [1.54, 1.807) is 34.1 Å². The number of piperazine rings is 1. The second-order valence-corrected chi connectivity index (χ2v) is 6.52. The standard InChI is InChI=1S/C21H23N3O3/c1-2-16-6-8-19(9-7-16)22-20(26)17-4-3-5-18(14-17)21(27)24-12-10-23(15-25)11-13-24/h3-9,14-15H,2,10-13H2,1H3,(H,22,26). The van der Waals surface area contributed by atoms with Gasteiger partial charge in [0.05, 0.1) is 0 Å². The lowest BCUT2D eigenvalue weighted by Crippen LogP contribution is -2.48. The van der Waals surface area contributed by atoms with Crippen LogP contribution >= 0.6 is 0 Å². The van der Waals surface area contributed by atoms with E-state index in [-0.39, 0.29) is 11.8 Å². The average molecular weight is 365 g/mol. The Hall–Kier alpha value is -3.15. The van der Waals surface area contributed by atoms with Gasteiger partial charge in [-0.2, -0.15) is 0 Å². The first kappa shape index (κ1) is 18.6. The van der Waals surface area contributed by atoms with E-state index in [2.05, 4.69) is 12.2 Å². The molecule has 6 nitrogen and oxygen atoms in total. The number of carbonyl (C=O) groups is 3. The molecule has 0 atom stereocenters. The molecular weight excluding hydrogens is 342 g/mol. The lowest BCUT2D eigenvalue weighted by Gasteiger charge is -2.32. The number of hydrogen-bond donors (Lipinski definition) is 1. The molecule has 1 N–H and O–H groups in total. The van der Waals surface area contributed by atoms with Crippen molar-refractivity contribution < 1.29 is 14.4 Å². The van der Waals surface area contributed by atoms with Crippen LogP contribution in [0.3, 0.4) is 0 Å². The molecule has 1 heterocycles. The topological polar surface area (TPSA) is 69.7 Å². The van der Waals surface area contributed by atoms with E-state index in [0.717, 1.165) is 18.5 Å². The van der Waals surface area contributed by atoms with Crippen LogP contribution in [0.5, 0.6) is 0 Å². The van der Waals surface area contributed by atoms with Gasteiger partial charge in [0.2, 0.25) is 6.41 Å². The number of rotatable bonds is 5.